The van der Waals surface area contributed by atoms with E-state index in [9.17, 15) is 9.59 Å². The Labute approximate surface area is 148 Å². The van der Waals surface area contributed by atoms with E-state index in [-0.39, 0.29) is 23.5 Å². The molecule has 0 aromatic heterocycles. The zero-order chi connectivity index (χ0) is 17.9. The quantitative estimate of drug-likeness (QED) is 0.905. The number of benzene rings is 1. The second-order valence-corrected chi connectivity index (χ2v) is 6.94. The van der Waals surface area contributed by atoms with Crippen molar-refractivity contribution in [1.82, 2.24) is 10.2 Å². The molecule has 2 amide bonds. The van der Waals surface area contributed by atoms with E-state index in [1.165, 1.54) is 0 Å². The van der Waals surface area contributed by atoms with Crippen LogP contribution in [0.5, 0.6) is 5.75 Å². The minimum absolute atomic E-state index is 0.0820. The van der Waals surface area contributed by atoms with Crippen LogP contribution in [0.2, 0.25) is 0 Å². The Balaban J connectivity index is 1.65. The molecule has 1 aromatic rings. The third kappa shape index (κ3) is 3.79. The van der Waals surface area contributed by atoms with Gasteiger partial charge >= 0.3 is 0 Å². The Morgan fingerprint density at radius 2 is 2.08 bits per heavy atom. The Kier molecular flexibility index (Phi) is 5.27. The van der Waals surface area contributed by atoms with Crippen molar-refractivity contribution in [3.63, 3.8) is 0 Å². The number of hydrogen-bond donors (Lipinski definition) is 1. The molecule has 1 aliphatic carbocycles. The van der Waals surface area contributed by atoms with Gasteiger partial charge in [-0.05, 0) is 37.8 Å². The highest BCUT2D eigenvalue weighted by Crippen LogP contribution is 2.37. The van der Waals surface area contributed by atoms with E-state index in [0.717, 1.165) is 25.7 Å². The third-order valence-electron chi connectivity index (χ3n) is 5.36. The fourth-order valence-corrected chi connectivity index (χ4v) is 3.71. The summed E-state index contributed by atoms with van der Waals surface area (Å²) in [6.07, 6.45) is 3.78. The number of hydrogen-bond acceptors (Lipinski definition) is 4. The Hall–Kier alpha value is -2.08. The first-order valence-corrected chi connectivity index (χ1v) is 8.85. The SMILES string of the molecule is COCCC(=O)N(C)C1CCC2(CC1)CNC(=O)c1ccccc1O2. The zero-order valence-corrected chi connectivity index (χ0v) is 14.9. The molecular weight excluding hydrogens is 320 g/mol. The summed E-state index contributed by atoms with van der Waals surface area (Å²) >= 11 is 0. The van der Waals surface area contributed by atoms with Crippen molar-refractivity contribution in [2.75, 3.05) is 27.3 Å². The number of para-hydroxylation sites is 1. The lowest BCUT2D eigenvalue weighted by Gasteiger charge is -2.42. The molecule has 1 N–H and O–H groups in total. The number of nitrogens with one attached hydrogen (secondary N) is 1. The summed E-state index contributed by atoms with van der Waals surface area (Å²) in [5.41, 5.74) is 0.211. The van der Waals surface area contributed by atoms with Gasteiger partial charge in [0.05, 0.1) is 25.1 Å². The molecule has 3 rings (SSSR count). The lowest BCUT2D eigenvalue weighted by atomic mass is 9.81. The predicted molar refractivity (Wildman–Crippen MR) is 93.7 cm³/mol. The van der Waals surface area contributed by atoms with Crippen molar-refractivity contribution in [3.8, 4) is 5.75 Å². The smallest absolute Gasteiger partial charge is 0.255 e. The summed E-state index contributed by atoms with van der Waals surface area (Å²) in [5.74, 6) is 0.685. The molecular formula is C19H26N2O4. The fourth-order valence-electron chi connectivity index (χ4n) is 3.71. The highest BCUT2D eigenvalue weighted by Gasteiger charge is 2.41. The maximum absolute atomic E-state index is 12.2. The minimum Gasteiger partial charge on any atom is -0.485 e. The first-order valence-electron chi connectivity index (χ1n) is 8.85. The normalized spacial score (nSPS) is 25.5. The number of carbonyl (C=O) groups is 2. The minimum atomic E-state index is -0.380. The molecule has 1 fully saturated rings. The van der Waals surface area contributed by atoms with Crippen LogP contribution < -0.4 is 10.1 Å². The molecule has 2 aliphatic rings. The van der Waals surface area contributed by atoms with E-state index in [4.69, 9.17) is 9.47 Å². The maximum Gasteiger partial charge on any atom is 0.255 e. The van der Waals surface area contributed by atoms with Crippen LogP contribution in [0.4, 0.5) is 0 Å². The van der Waals surface area contributed by atoms with Crippen LogP contribution >= 0.6 is 0 Å². The van der Waals surface area contributed by atoms with Gasteiger partial charge in [0.2, 0.25) is 5.91 Å². The first kappa shape index (κ1) is 17.7. The lowest BCUT2D eigenvalue weighted by molar-refractivity contribution is -0.134. The number of carbonyl (C=O) groups excluding carboxylic acids is 2. The van der Waals surface area contributed by atoms with Gasteiger partial charge < -0.3 is 19.7 Å². The van der Waals surface area contributed by atoms with E-state index in [1.54, 1.807) is 13.2 Å². The summed E-state index contributed by atoms with van der Waals surface area (Å²) < 4.78 is 11.3. The van der Waals surface area contributed by atoms with Gasteiger partial charge in [-0.3, -0.25) is 9.59 Å². The largest absolute Gasteiger partial charge is 0.485 e. The van der Waals surface area contributed by atoms with Gasteiger partial charge in [-0.2, -0.15) is 0 Å². The third-order valence-corrected chi connectivity index (χ3v) is 5.36. The molecule has 0 saturated heterocycles. The highest BCUT2D eigenvalue weighted by molar-refractivity contribution is 5.97. The number of ether oxygens (including phenoxy) is 2. The number of amides is 2. The summed E-state index contributed by atoms with van der Waals surface area (Å²) in [6.45, 7) is 0.959. The molecule has 1 saturated carbocycles. The van der Waals surface area contributed by atoms with E-state index >= 15 is 0 Å². The van der Waals surface area contributed by atoms with E-state index in [0.29, 0.717) is 30.9 Å². The molecule has 1 heterocycles. The molecule has 0 bridgehead atoms. The zero-order valence-electron chi connectivity index (χ0n) is 14.9. The Morgan fingerprint density at radius 3 is 2.80 bits per heavy atom. The van der Waals surface area contributed by atoms with Gasteiger partial charge in [0.15, 0.2) is 0 Å². The standard InChI is InChI=1S/C19H26N2O4/c1-21(17(22)9-12-24-2)14-7-10-19(11-8-14)13-20-18(23)15-5-3-4-6-16(15)25-19/h3-6,14H,7-13H2,1-2H3,(H,20,23). The van der Waals surface area contributed by atoms with Crippen molar-refractivity contribution < 1.29 is 19.1 Å². The topological polar surface area (TPSA) is 67.9 Å². The average Bonchev–Trinajstić information content (AvgIpc) is 2.77. The predicted octanol–water partition coefficient (Wildman–Crippen LogP) is 1.99. The van der Waals surface area contributed by atoms with E-state index in [2.05, 4.69) is 5.32 Å². The van der Waals surface area contributed by atoms with E-state index in [1.807, 2.05) is 30.1 Å². The van der Waals surface area contributed by atoms with Gasteiger partial charge in [-0.1, -0.05) is 12.1 Å². The molecule has 0 atom stereocenters. The van der Waals surface area contributed by atoms with Crippen molar-refractivity contribution in [2.45, 2.75) is 43.7 Å². The Morgan fingerprint density at radius 1 is 1.36 bits per heavy atom. The maximum atomic E-state index is 12.2. The Bertz CT molecular complexity index is 638. The second kappa shape index (κ2) is 7.44. The van der Waals surface area contributed by atoms with Gasteiger partial charge in [-0.15, -0.1) is 0 Å². The summed E-state index contributed by atoms with van der Waals surface area (Å²) in [4.78, 5) is 26.3. The van der Waals surface area contributed by atoms with Crippen LogP contribution in [0, 0.1) is 0 Å². The monoisotopic (exact) mass is 346 g/mol. The summed E-state index contributed by atoms with van der Waals surface area (Å²) in [7, 11) is 3.47. The summed E-state index contributed by atoms with van der Waals surface area (Å²) in [5, 5.41) is 2.99. The molecule has 6 heteroatoms. The van der Waals surface area contributed by atoms with Crippen LogP contribution in [0.3, 0.4) is 0 Å². The van der Waals surface area contributed by atoms with Crippen LogP contribution in [0.1, 0.15) is 42.5 Å². The van der Waals surface area contributed by atoms with Crippen LogP contribution in [0.15, 0.2) is 24.3 Å². The van der Waals surface area contributed by atoms with Crippen LogP contribution in [-0.4, -0.2) is 55.7 Å². The summed E-state index contributed by atoms with van der Waals surface area (Å²) in [6, 6.07) is 7.59. The molecule has 1 aliphatic heterocycles. The highest BCUT2D eigenvalue weighted by atomic mass is 16.5. The first-order chi connectivity index (χ1) is 12.0. The molecule has 6 nitrogen and oxygen atoms in total. The fraction of sp³-hybridized carbons (Fsp3) is 0.579. The number of rotatable bonds is 4. The van der Waals surface area contributed by atoms with Crippen molar-refractivity contribution >= 4 is 11.8 Å². The van der Waals surface area contributed by atoms with Crippen molar-refractivity contribution in [3.05, 3.63) is 29.8 Å². The number of nitrogens with zero attached hydrogens (tertiary/aromatic N) is 1. The van der Waals surface area contributed by atoms with Gasteiger partial charge in [0.1, 0.15) is 11.4 Å². The van der Waals surface area contributed by atoms with E-state index < -0.39 is 0 Å². The van der Waals surface area contributed by atoms with Crippen LogP contribution in [-0.2, 0) is 9.53 Å². The van der Waals surface area contributed by atoms with Crippen molar-refractivity contribution in [2.24, 2.45) is 0 Å². The average molecular weight is 346 g/mol. The lowest BCUT2D eigenvalue weighted by Crippen LogP contribution is -2.51. The molecule has 136 valence electrons. The van der Waals surface area contributed by atoms with Crippen molar-refractivity contribution in [1.29, 1.82) is 0 Å². The van der Waals surface area contributed by atoms with Crippen LogP contribution in [0.25, 0.3) is 0 Å². The van der Waals surface area contributed by atoms with Gasteiger partial charge in [0, 0.05) is 20.2 Å². The molecule has 25 heavy (non-hydrogen) atoms. The number of methoxy groups -OCH3 is 1. The molecule has 1 aromatic carbocycles. The molecule has 0 unspecified atom stereocenters. The van der Waals surface area contributed by atoms with Gasteiger partial charge in [-0.25, -0.2) is 0 Å². The second-order valence-electron chi connectivity index (χ2n) is 6.94. The molecule has 0 radical (unpaired) electrons. The van der Waals surface area contributed by atoms with Gasteiger partial charge in [0.25, 0.3) is 5.91 Å². The molecule has 1 spiro atoms. The number of fused-ring (bicyclic) bond motifs is 1.